The van der Waals surface area contributed by atoms with Gasteiger partial charge in [0.25, 0.3) is 0 Å². The van der Waals surface area contributed by atoms with Crippen LogP contribution in [0.3, 0.4) is 0 Å². The van der Waals surface area contributed by atoms with E-state index >= 15 is 0 Å². The average molecular weight is 287 g/mol. The second-order valence-corrected chi connectivity index (χ2v) is 5.08. The first kappa shape index (κ1) is 12.6. The number of fused-ring (bicyclic) bond motifs is 1. The van der Waals surface area contributed by atoms with E-state index in [2.05, 4.69) is 10.3 Å². The van der Waals surface area contributed by atoms with E-state index in [0.29, 0.717) is 5.69 Å². The summed E-state index contributed by atoms with van der Waals surface area (Å²) < 4.78 is 4.99. The molecule has 106 valence electrons. The maximum absolute atomic E-state index is 6.08. The number of benzene rings is 3. The van der Waals surface area contributed by atoms with Crippen molar-refractivity contribution in [3.63, 3.8) is 0 Å². The number of aromatic nitrogens is 2. The van der Waals surface area contributed by atoms with Gasteiger partial charge in [-0.25, -0.2) is 4.63 Å². The molecule has 22 heavy (non-hydrogen) atoms. The number of rotatable bonds is 2. The van der Waals surface area contributed by atoms with Crippen molar-refractivity contribution in [2.45, 2.75) is 0 Å². The Hall–Kier alpha value is -3.14. The van der Waals surface area contributed by atoms with Gasteiger partial charge in [0, 0.05) is 22.4 Å². The number of hydrogen-bond acceptors (Lipinski definition) is 4. The number of nitrogens with two attached hydrogens (primary N) is 1. The minimum atomic E-state index is 0.708. The summed E-state index contributed by atoms with van der Waals surface area (Å²) in [6.07, 6.45) is 0. The van der Waals surface area contributed by atoms with E-state index in [9.17, 15) is 0 Å². The summed E-state index contributed by atoms with van der Waals surface area (Å²) >= 11 is 0. The molecule has 0 aliphatic carbocycles. The highest BCUT2D eigenvalue weighted by Gasteiger charge is 2.15. The molecule has 0 radical (unpaired) electrons. The average Bonchev–Trinajstić information content (AvgIpc) is 3.05. The number of hydrogen-bond donors (Lipinski definition) is 1. The monoisotopic (exact) mass is 287 g/mol. The molecule has 0 unspecified atom stereocenters. The van der Waals surface area contributed by atoms with Gasteiger partial charge in [-0.1, -0.05) is 60.7 Å². The lowest BCUT2D eigenvalue weighted by Crippen LogP contribution is -1.91. The van der Waals surface area contributed by atoms with Crippen LogP contribution in [0.1, 0.15) is 0 Å². The molecule has 0 aliphatic heterocycles. The van der Waals surface area contributed by atoms with E-state index in [0.717, 1.165) is 33.3 Å². The van der Waals surface area contributed by atoms with Gasteiger partial charge in [0.05, 0.1) is 0 Å². The zero-order valence-corrected chi connectivity index (χ0v) is 11.7. The minimum Gasteiger partial charge on any atom is -0.398 e. The molecule has 0 amide bonds. The molecule has 1 heterocycles. The Labute approximate surface area is 127 Å². The van der Waals surface area contributed by atoms with E-state index in [1.807, 2.05) is 66.7 Å². The Bertz CT molecular complexity index is 945. The summed E-state index contributed by atoms with van der Waals surface area (Å²) in [4.78, 5) is 0. The summed E-state index contributed by atoms with van der Waals surface area (Å²) in [5.74, 6) is 0. The second-order valence-electron chi connectivity index (χ2n) is 5.08. The number of para-hydroxylation sites is 1. The third-order valence-electron chi connectivity index (χ3n) is 3.75. The second kappa shape index (κ2) is 5.00. The summed E-state index contributed by atoms with van der Waals surface area (Å²) in [7, 11) is 0. The van der Waals surface area contributed by atoms with Crippen molar-refractivity contribution in [3.8, 4) is 22.3 Å². The van der Waals surface area contributed by atoms with Crippen LogP contribution in [0.5, 0.6) is 0 Å². The first-order valence-corrected chi connectivity index (χ1v) is 7.00. The van der Waals surface area contributed by atoms with Crippen LogP contribution in [0.4, 0.5) is 5.69 Å². The molecule has 4 nitrogen and oxygen atoms in total. The Morgan fingerprint density at radius 1 is 0.636 bits per heavy atom. The van der Waals surface area contributed by atoms with Gasteiger partial charge in [0.1, 0.15) is 11.0 Å². The van der Waals surface area contributed by atoms with Crippen molar-refractivity contribution in [2.75, 3.05) is 5.73 Å². The van der Waals surface area contributed by atoms with Crippen LogP contribution in [-0.4, -0.2) is 10.3 Å². The predicted molar refractivity (Wildman–Crippen MR) is 87.1 cm³/mol. The van der Waals surface area contributed by atoms with Gasteiger partial charge in [-0.3, -0.25) is 0 Å². The topological polar surface area (TPSA) is 64.9 Å². The predicted octanol–water partition coefficient (Wildman–Crippen LogP) is 4.14. The van der Waals surface area contributed by atoms with Gasteiger partial charge in [-0.2, -0.15) is 0 Å². The standard InChI is InChI=1S/C18H13N3O/c19-16-9-5-4-8-14(16)15-11-10-13(12-6-2-1-3-7-12)17-18(15)21-22-20-17/h1-11H,19H2. The van der Waals surface area contributed by atoms with Crippen LogP contribution in [-0.2, 0) is 0 Å². The highest BCUT2D eigenvalue weighted by Crippen LogP contribution is 2.35. The molecule has 0 fully saturated rings. The van der Waals surface area contributed by atoms with Gasteiger partial charge < -0.3 is 5.73 Å². The normalized spacial score (nSPS) is 10.9. The van der Waals surface area contributed by atoms with Crippen LogP contribution in [0.15, 0.2) is 71.4 Å². The minimum absolute atomic E-state index is 0.708. The molecule has 4 aromatic rings. The maximum atomic E-state index is 6.08. The van der Waals surface area contributed by atoms with Crippen molar-refractivity contribution < 1.29 is 4.63 Å². The van der Waals surface area contributed by atoms with Crippen molar-refractivity contribution in [3.05, 3.63) is 66.7 Å². The molecule has 1 aromatic heterocycles. The summed E-state index contributed by atoms with van der Waals surface area (Å²) in [6, 6.07) is 21.8. The molecule has 0 atom stereocenters. The SMILES string of the molecule is Nc1ccccc1-c1ccc(-c2ccccc2)c2nonc12. The third kappa shape index (κ3) is 1.93. The molecular formula is C18H13N3O. The fourth-order valence-electron chi connectivity index (χ4n) is 2.68. The fourth-order valence-corrected chi connectivity index (χ4v) is 2.68. The number of anilines is 1. The summed E-state index contributed by atoms with van der Waals surface area (Å²) in [5, 5.41) is 8.16. The molecule has 0 aliphatic rings. The molecule has 3 aromatic carbocycles. The summed E-state index contributed by atoms with van der Waals surface area (Å²) in [5.41, 5.74) is 12.2. The van der Waals surface area contributed by atoms with Crippen molar-refractivity contribution in [1.82, 2.24) is 10.3 Å². The highest BCUT2D eigenvalue weighted by molar-refractivity contribution is 6.01. The smallest absolute Gasteiger partial charge is 0.143 e. The van der Waals surface area contributed by atoms with Crippen LogP contribution in [0, 0.1) is 0 Å². The molecule has 4 heteroatoms. The van der Waals surface area contributed by atoms with Gasteiger partial charge in [-0.15, -0.1) is 0 Å². The molecule has 0 saturated carbocycles. The van der Waals surface area contributed by atoms with Gasteiger partial charge >= 0.3 is 0 Å². The lowest BCUT2D eigenvalue weighted by molar-refractivity contribution is 0.315. The Morgan fingerprint density at radius 2 is 1.27 bits per heavy atom. The van der Waals surface area contributed by atoms with E-state index in [1.54, 1.807) is 0 Å². The first-order valence-electron chi connectivity index (χ1n) is 7.00. The molecular weight excluding hydrogens is 274 g/mol. The van der Waals surface area contributed by atoms with E-state index in [-0.39, 0.29) is 0 Å². The lowest BCUT2D eigenvalue weighted by atomic mass is 9.97. The number of nitrogen functional groups attached to an aromatic ring is 1. The van der Waals surface area contributed by atoms with Gasteiger partial charge in [-0.05, 0) is 21.9 Å². The van der Waals surface area contributed by atoms with E-state index in [4.69, 9.17) is 10.4 Å². The van der Waals surface area contributed by atoms with Crippen LogP contribution in [0.2, 0.25) is 0 Å². The zero-order chi connectivity index (χ0) is 14.9. The van der Waals surface area contributed by atoms with Crippen LogP contribution >= 0.6 is 0 Å². The van der Waals surface area contributed by atoms with Crippen LogP contribution in [0.25, 0.3) is 33.3 Å². The van der Waals surface area contributed by atoms with Crippen molar-refractivity contribution >= 4 is 16.7 Å². The van der Waals surface area contributed by atoms with Gasteiger partial charge in [0.2, 0.25) is 0 Å². The summed E-state index contributed by atoms with van der Waals surface area (Å²) in [6.45, 7) is 0. The van der Waals surface area contributed by atoms with Crippen molar-refractivity contribution in [2.24, 2.45) is 0 Å². The highest BCUT2D eigenvalue weighted by atomic mass is 16.6. The first-order chi connectivity index (χ1) is 10.8. The zero-order valence-electron chi connectivity index (χ0n) is 11.7. The Balaban J connectivity index is 1.98. The maximum Gasteiger partial charge on any atom is 0.143 e. The fraction of sp³-hybridized carbons (Fsp3) is 0. The number of nitrogens with zero attached hydrogens (tertiary/aromatic N) is 2. The molecule has 4 rings (SSSR count). The van der Waals surface area contributed by atoms with Crippen LogP contribution < -0.4 is 5.73 Å². The largest absolute Gasteiger partial charge is 0.398 e. The Morgan fingerprint density at radius 3 is 2.05 bits per heavy atom. The van der Waals surface area contributed by atoms with Gasteiger partial charge in [0.15, 0.2) is 0 Å². The molecule has 0 spiro atoms. The molecule has 0 saturated heterocycles. The Kier molecular flexibility index (Phi) is 2.86. The third-order valence-corrected chi connectivity index (χ3v) is 3.75. The van der Waals surface area contributed by atoms with E-state index in [1.165, 1.54) is 0 Å². The molecule has 2 N–H and O–H groups in total. The van der Waals surface area contributed by atoms with E-state index < -0.39 is 0 Å². The lowest BCUT2D eigenvalue weighted by Gasteiger charge is -2.08. The quantitative estimate of drug-likeness (QED) is 0.563. The van der Waals surface area contributed by atoms with Crippen molar-refractivity contribution in [1.29, 1.82) is 0 Å². The molecule has 0 bridgehead atoms.